The minimum atomic E-state index is -0.381. The van der Waals surface area contributed by atoms with Crippen molar-refractivity contribution in [1.29, 1.82) is 0 Å². The summed E-state index contributed by atoms with van der Waals surface area (Å²) in [6.45, 7) is 5.01. The maximum absolute atomic E-state index is 13.6. The number of hydrogen-bond acceptors (Lipinski definition) is 5. The van der Waals surface area contributed by atoms with Crippen molar-refractivity contribution in [3.05, 3.63) is 52.9 Å². The summed E-state index contributed by atoms with van der Waals surface area (Å²) in [5.74, 6) is 0.276. The average Bonchev–Trinajstić information content (AvgIpc) is 3.10. The van der Waals surface area contributed by atoms with Crippen molar-refractivity contribution in [3.63, 3.8) is 0 Å². The van der Waals surface area contributed by atoms with Gasteiger partial charge in [-0.1, -0.05) is 17.3 Å². The number of H-pyrrole nitrogens is 1. The molecular weight excluding hydrogens is 285 g/mol. The second-order valence-corrected chi connectivity index (χ2v) is 5.02. The second kappa shape index (κ2) is 6.07. The topological polar surface area (TPSA) is 79.6 Å². The molecule has 0 aliphatic carbocycles. The Bertz CT molecular complexity index is 780. The molecule has 1 aromatic carbocycles. The van der Waals surface area contributed by atoms with Gasteiger partial charge in [0.1, 0.15) is 5.82 Å². The van der Waals surface area contributed by atoms with Gasteiger partial charge < -0.3 is 9.84 Å². The summed E-state index contributed by atoms with van der Waals surface area (Å²) in [5.41, 5.74) is 3.45. The van der Waals surface area contributed by atoms with Crippen LogP contribution in [0.2, 0.25) is 0 Å². The number of aromatic amines is 1. The zero-order valence-electron chi connectivity index (χ0n) is 12.4. The second-order valence-electron chi connectivity index (χ2n) is 5.02. The summed E-state index contributed by atoms with van der Waals surface area (Å²) in [6.07, 6.45) is 0. The molecule has 0 radical (unpaired) electrons. The van der Waals surface area contributed by atoms with Crippen LogP contribution in [0.15, 0.2) is 28.8 Å². The van der Waals surface area contributed by atoms with E-state index in [1.54, 1.807) is 18.2 Å². The molecule has 0 aliphatic heterocycles. The largest absolute Gasteiger partial charge is 0.334 e. The molecule has 2 aromatic heterocycles. The van der Waals surface area contributed by atoms with E-state index in [9.17, 15) is 4.39 Å². The van der Waals surface area contributed by atoms with Gasteiger partial charge in [0.15, 0.2) is 5.82 Å². The lowest BCUT2D eigenvalue weighted by Crippen LogP contribution is -2.14. The third kappa shape index (κ3) is 2.89. The fourth-order valence-electron chi connectivity index (χ4n) is 2.07. The molecule has 6 nitrogen and oxygen atoms in total. The highest BCUT2D eigenvalue weighted by Crippen LogP contribution is 2.20. The molecule has 7 heteroatoms. The van der Waals surface area contributed by atoms with Gasteiger partial charge in [0, 0.05) is 12.2 Å². The van der Waals surface area contributed by atoms with Crippen molar-refractivity contribution in [1.82, 2.24) is 25.7 Å². The zero-order chi connectivity index (χ0) is 15.5. The summed E-state index contributed by atoms with van der Waals surface area (Å²) < 4.78 is 18.7. The van der Waals surface area contributed by atoms with Crippen molar-refractivity contribution >= 4 is 0 Å². The summed E-state index contributed by atoms with van der Waals surface area (Å²) >= 11 is 0. The molecule has 0 saturated heterocycles. The van der Waals surface area contributed by atoms with Crippen LogP contribution in [0.3, 0.4) is 0 Å². The number of benzene rings is 1. The van der Waals surface area contributed by atoms with Crippen LogP contribution in [0.1, 0.15) is 22.8 Å². The van der Waals surface area contributed by atoms with E-state index < -0.39 is 0 Å². The van der Waals surface area contributed by atoms with Gasteiger partial charge in [0.2, 0.25) is 0 Å². The third-order valence-electron chi connectivity index (χ3n) is 3.50. The van der Waals surface area contributed by atoms with Crippen LogP contribution in [-0.4, -0.2) is 20.3 Å². The van der Waals surface area contributed by atoms with Gasteiger partial charge in [-0.2, -0.15) is 10.1 Å². The highest BCUT2D eigenvalue weighted by atomic mass is 19.1. The molecule has 114 valence electrons. The van der Waals surface area contributed by atoms with Crippen LogP contribution in [0.4, 0.5) is 4.39 Å². The Hall–Kier alpha value is -2.54. The van der Waals surface area contributed by atoms with Crippen LogP contribution in [-0.2, 0) is 13.1 Å². The molecule has 3 rings (SSSR count). The number of hydrogen-bond donors (Lipinski definition) is 2. The lowest BCUT2D eigenvalue weighted by atomic mass is 10.2. The monoisotopic (exact) mass is 301 g/mol. The van der Waals surface area contributed by atoms with Crippen LogP contribution < -0.4 is 5.32 Å². The highest BCUT2D eigenvalue weighted by Gasteiger charge is 2.12. The van der Waals surface area contributed by atoms with Gasteiger partial charge in [0.25, 0.3) is 5.89 Å². The average molecular weight is 301 g/mol. The van der Waals surface area contributed by atoms with Gasteiger partial charge >= 0.3 is 0 Å². The molecule has 2 heterocycles. The van der Waals surface area contributed by atoms with Crippen LogP contribution in [0.25, 0.3) is 11.5 Å². The van der Waals surface area contributed by atoms with E-state index in [0.29, 0.717) is 24.5 Å². The van der Waals surface area contributed by atoms with Crippen LogP contribution >= 0.6 is 0 Å². The predicted molar refractivity (Wildman–Crippen MR) is 78.3 cm³/mol. The minimum absolute atomic E-state index is 0.182. The number of rotatable bonds is 5. The molecular formula is C15H16FN5O. The summed E-state index contributed by atoms with van der Waals surface area (Å²) in [4.78, 5) is 4.19. The van der Waals surface area contributed by atoms with E-state index in [2.05, 4.69) is 25.7 Å². The Balaban J connectivity index is 1.63. The number of aromatic nitrogens is 4. The summed E-state index contributed by atoms with van der Waals surface area (Å²) in [6, 6.07) is 6.31. The molecule has 22 heavy (non-hydrogen) atoms. The standard InChI is InChI=1S/C15H16FN5O/c1-9-10(2)19-20-13(9)7-17-8-14-18-15(22-21-14)11-5-3-4-6-12(11)16/h3-6,17H,7-8H2,1-2H3,(H,19,20). The molecule has 0 aliphatic rings. The molecule has 3 aromatic rings. The number of nitrogens with zero attached hydrogens (tertiary/aromatic N) is 3. The van der Waals surface area contributed by atoms with E-state index in [4.69, 9.17) is 4.52 Å². The van der Waals surface area contributed by atoms with Gasteiger partial charge in [-0.15, -0.1) is 0 Å². The normalized spacial score (nSPS) is 11.0. The van der Waals surface area contributed by atoms with E-state index in [0.717, 1.165) is 17.0 Å². The van der Waals surface area contributed by atoms with Crippen molar-refractivity contribution < 1.29 is 8.91 Å². The minimum Gasteiger partial charge on any atom is -0.334 e. The number of aryl methyl sites for hydroxylation is 1. The first-order chi connectivity index (χ1) is 10.6. The van der Waals surface area contributed by atoms with Crippen molar-refractivity contribution in [2.24, 2.45) is 0 Å². The molecule has 2 N–H and O–H groups in total. The molecule has 0 saturated carbocycles. The van der Waals surface area contributed by atoms with Gasteiger partial charge in [-0.05, 0) is 31.5 Å². The van der Waals surface area contributed by atoms with E-state index in [-0.39, 0.29) is 11.7 Å². The smallest absolute Gasteiger partial charge is 0.260 e. The molecule has 0 bridgehead atoms. The Kier molecular flexibility index (Phi) is 3.97. The van der Waals surface area contributed by atoms with E-state index >= 15 is 0 Å². The Labute approximate surface area is 126 Å². The molecule has 0 unspecified atom stereocenters. The highest BCUT2D eigenvalue weighted by molar-refractivity contribution is 5.53. The maximum Gasteiger partial charge on any atom is 0.260 e. The molecule has 0 amide bonds. The Morgan fingerprint density at radius 1 is 1.23 bits per heavy atom. The van der Waals surface area contributed by atoms with Crippen molar-refractivity contribution in [2.45, 2.75) is 26.9 Å². The van der Waals surface area contributed by atoms with Gasteiger partial charge in [-0.25, -0.2) is 4.39 Å². The van der Waals surface area contributed by atoms with E-state index in [1.165, 1.54) is 6.07 Å². The number of halogens is 1. The van der Waals surface area contributed by atoms with Crippen molar-refractivity contribution in [3.8, 4) is 11.5 Å². The van der Waals surface area contributed by atoms with E-state index in [1.807, 2.05) is 13.8 Å². The zero-order valence-corrected chi connectivity index (χ0v) is 12.4. The Morgan fingerprint density at radius 2 is 2.05 bits per heavy atom. The SMILES string of the molecule is Cc1[nH]nc(CNCc2noc(-c3ccccc3F)n2)c1C. The van der Waals surface area contributed by atoms with Gasteiger partial charge in [-0.3, -0.25) is 5.10 Å². The van der Waals surface area contributed by atoms with Crippen LogP contribution in [0, 0.1) is 19.7 Å². The Morgan fingerprint density at radius 3 is 2.77 bits per heavy atom. The van der Waals surface area contributed by atoms with Crippen LogP contribution in [0.5, 0.6) is 0 Å². The lowest BCUT2D eigenvalue weighted by Gasteiger charge is -1.99. The molecule has 0 fully saturated rings. The van der Waals surface area contributed by atoms with Crippen molar-refractivity contribution in [2.75, 3.05) is 0 Å². The fraction of sp³-hybridized carbons (Fsp3) is 0.267. The third-order valence-corrected chi connectivity index (χ3v) is 3.50. The first-order valence-electron chi connectivity index (χ1n) is 6.94. The first-order valence-corrected chi connectivity index (χ1v) is 6.94. The molecule has 0 spiro atoms. The first kappa shape index (κ1) is 14.4. The fourth-order valence-corrected chi connectivity index (χ4v) is 2.07. The number of nitrogens with one attached hydrogen (secondary N) is 2. The summed E-state index contributed by atoms with van der Waals surface area (Å²) in [7, 11) is 0. The maximum atomic E-state index is 13.6. The quantitative estimate of drug-likeness (QED) is 0.757. The molecule has 0 atom stereocenters. The summed E-state index contributed by atoms with van der Waals surface area (Å²) in [5, 5.41) is 14.2. The van der Waals surface area contributed by atoms with Gasteiger partial charge in [0.05, 0.1) is 17.8 Å². The lowest BCUT2D eigenvalue weighted by molar-refractivity contribution is 0.417. The predicted octanol–water partition coefficient (Wildman–Crippen LogP) is 2.51.